The number of esters is 1. The molecule has 0 saturated carbocycles. The average Bonchev–Trinajstić information content (AvgIpc) is 3.43. The minimum atomic E-state index is -4.53. The van der Waals surface area contributed by atoms with E-state index >= 15 is 0 Å². The number of ether oxygens (including phenoxy) is 1. The van der Waals surface area contributed by atoms with Crippen LogP contribution < -0.4 is 0 Å². The molecule has 228 valence electrons. The number of furan rings is 1. The Bertz CT molecular complexity index is 1520. The van der Waals surface area contributed by atoms with Crippen molar-refractivity contribution in [1.29, 1.82) is 0 Å². The van der Waals surface area contributed by atoms with Gasteiger partial charge < -0.3 is 14.3 Å². The molecule has 4 aromatic rings. The van der Waals surface area contributed by atoms with Crippen LogP contribution in [0.15, 0.2) is 76.0 Å². The van der Waals surface area contributed by atoms with Crippen LogP contribution in [0.1, 0.15) is 51.8 Å². The van der Waals surface area contributed by atoms with Gasteiger partial charge in [-0.25, -0.2) is 0 Å². The molecule has 0 aliphatic carbocycles. The lowest BCUT2D eigenvalue weighted by atomic mass is 9.99. The van der Waals surface area contributed by atoms with Gasteiger partial charge in [0.1, 0.15) is 5.76 Å². The highest BCUT2D eigenvalue weighted by Gasteiger charge is 2.34. The summed E-state index contributed by atoms with van der Waals surface area (Å²) in [5.41, 5.74) is 8.21. The van der Waals surface area contributed by atoms with Crippen LogP contribution in [0.5, 0.6) is 0 Å². The number of thioether (sulfide) groups is 1. The van der Waals surface area contributed by atoms with Crippen LogP contribution in [0.4, 0.5) is 13.2 Å². The number of benzene rings is 3. The lowest BCUT2D eigenvalue weighted by Gasteiger charge is -2.24. The fraction of sp³-hybridized carbons (Fsp3) is 0.324. The molecule has 1 heterocycles. The summed E-state index contributed by atoms with van der Waals surface area (Å²) >= 11 is 1.33. The van der Waals surface area contributed by atoms with E-state index in [9.17, 15) is 23.1 Å². The Morgan fingerprint density at radius 1 is 0.907 bits per heavy atom. The van der Waals surface area contributed by atoms with Crippen molar-refractivity contribution in [3.63, 3.8) is 0 Å². The average molecular weight is 612 g/mol. The van der Waals surface area contributed by atoms with Crippen molar-refractivity contribution < 1.29 is 32.2 Å². The number of nitrogens with zero attached hydrogens (tertiary/aromatic N) is 1. The number of aliphatic hydroxyl groups is 1. The number of hydrogen-bond acceptors (Lipinski definition) is 6. The lowest BCUT2D eigenvalue weighted by Crippen LogP contribution is -2.23. The highest BCUT2D eigenvalue weighted by Crippen LogP contribution is 2.32. The Labute approximate surface area is 254 Å². The van der Waals surface area contributed by atoms with E-state index in [0.29, 0.717) is 19.7 Å². The summed E-state index contributed by atoms with van der Waals surface area (Å²) in [5.74, 6) is -0.903. The zero-order valence-corrected chi connectivity index (χ0v) is 25.6. The third kappa shape index (κ3) is 8.75. The van der Waals surface area contributed by atoms with E-state index in [1.165, 1.54) is 17.8 Å². The summed E-state index contributed by atoms with van der Waals surface area (Å²) in [6.07, 6.45) is -4.53. The second kappa shape index (κ2) is 14.3. The van der Waals surface area contributed by atoms with Gasteiger partial charge in [0.15, 0.2) is 0 Å². The molecule has 0 radical (unpaired) electrons. The third-order valence-electron chi connectivity index (χ3n) is 7.12. The normalized spacial score (nSPS) is 11.7. The Balaban J connectivity index is 1.56. The van der Waals surface area contributed by atoms with E-state index in [1.54, 1.807) is 6.92 Å². The van der Waals surface area contributed by atoms with Crippen LogP contribution >= 0.6 is 11.8 Å². The zero-order valence-electron chi connectivity index (χ0n) is 24.8. The Morgan fingerprint density at radius 2 is 1.58 bits per heavy atom. The summed E-state index contributed by atoms with van der Waals surface area (Å²) in [6.45, 7) is 9.35. The number of carbonyl (C=O) groups is 1. The molecule has 1 N–H and O–H groups in total. The molecule has 0 bridgehead atoms. The maximum absolute atomic E-state index is 13.2. The van der Waals surface area contributed by atoms with Gasteiger partial charge in [0, 0.05) is 18.0 Å². The number of carbonyl (C=O) groups excluding carboxylic acids is 1. The fourth-order valence-electron chi connectivity index (χ4n) is 5.09. The SMILES string of the molecule is CCOC(=O)CSc1cc(-c2ccc(CN(Cc3ccc(C(F)(F)F)o3)Cc3c(C)cc(C)cc3C)cc2)ccc1CO. The number of hydrogen-bond donors (Lipinski definition) is 1. The van der Waals surface area contributed by atoms with Crippen LogP contribution in [0, 0.1) is 20.8 Å². The first-order chi connectivity index (χ1) is 20.5. The number of aryl methyl sites for hydroxylation is 3. The molecule has 3 aromatic carbocycles. The van der Waals surface area contributed by atoms with Crippen LogP contribution in [0.2, 0.25) is 0 Å². The number of alkyl halides is 3. The van der Waals surface area contributed by atoms with Crippen LogP contribution in [0.3, 0.4) is 0 Å². The Kier molecular flexibility index (Phi) is 10.8. The molecule has 43 heavy (non-hydrogen) atoms. The van der Waals surface area contributed by atoms with E-state index in [1.807, 2.05) is 49.4 Å². The van der Waals surface area contributed by atoms with Gasteiger partial charge >= 0.3 is 12.1 Å². The Hall–Kier alpha value is -3.53. The van der Waals surface area contributed by atoms with E-state index in [4.69, 9.17) is 9.15 Å². The molecule has 0 spiro atoms. The van der Waals surface area contributed by atoms with Crippen LogP contribution in [0.25, 0.3) is 11.1 Å². The van der Waals surface area contributed by atoms with Crippen LogP contribution in [-0.4, -0.2) is 28.3 Å². The molecular weight excluding hydrogens is 575 g/mol. The number of aliphatic hydroxyl groups excluding tert-OH is 1. The van der Waals surface area contributed by atoms with Gasteiger partial charge in [0.25, 0.3) is 0 Å². The predicted molar refractivity (Wildman–Crippen MR) is 162 cm³/mol. The highest BCUT2D eigenvalue weighted by atomic mass is 32.2. The van der Waals surface area contributed by atoms with Crippen molar-refractivity contribution >= 4 is 17.7 Å². The molecule has 0 amide bonds. The molecule has 4 rings (SSSR count). The largest absolute Gasteiger partial charge is 0.465 e. The number of rotatable bonds is 12. The quantitative estimate of drug-likeness (QED) is 0.129. The van der Waals surface area contributed by atoms with E-state index in [2.05, 4.69) is 30.9 Å². The molecule has 0 aliphatic heterocycles. The molecule has 0 fully saturated rings. The van der Waals surface area contributed by atoms with Crippen molar-refractivity contribution in [3.05, 3.63) is 112 Å². The van der Waals surface area contributed by atoms with Crippen molar-refractivity contribution in [2.75, 3.05) is 12.4 Å². The first kappa shape index (κ1) is 32.4. The number of halogens is 3. The summed E-state index contributed by atoms with van der Waals surface area (Å²) in [4.78, 5) is 14.8. The lowest BCUT2D eigenvalue weighted by molar-refractivity contribution is -0.153. The second-order valence-electron chi connectivity index (χ2n) is 10.6. The van der Waals surface area contributed by atoms with Gasteiger partial charge in [0.05, 0.1) is 25.5 Å². The van der Waals surface area contributed by atoms with E-state index in [-0.39, 0.29) is 30.6 Å². The predicted octanol–water partition coefficient (Wildman–Crippen LogP) is 8.24. The summed E-state index contributed by atoms with van der Waals surface area (Å²) < 4.78 is 49.8. The zero-order chi connectivity index (χ0) is 31.1. The summed E-state index contributed by atoms with van der Waals surface area (Å²) in [6, 6.07) is 20.3. The minimum absolute atomic E-state index is 0.139. The maximum Gasteiger partial charge on any atom is 0.449 e. The molecule has 1 aromatic heterocycles. The van der Waals surface area contributed by atoms with Gasteiger partial charge in [-0.2, -0.15) is 13.2 Å². The standard InChI is InChI=1S/C34H36F3NO4S/c1-5-41-33(40)21-43-31-16-27(10-11-28(31)20-39)26-8-6-25(7-9-26)17-38(18-29-12-13-32(42-29)34(35,36)37)19-30-23(3)14-22(2)15-24(30)4/h6-16,39H,5,17-21H2,1-4H3. The highest BCUT2D eigenvalue weighted by molar-refractivity contribution is 8.00. The Morgan fingerprint density at radius 3 is 2.19 bits per heavy atom. The molecule has 9 heteroatoms. The molecule has 0 atom stereocenters. The topological polar surface area (TPSA) is 62.9 Å². The molecule has 5 nitrogen and oxygen atoms in total. The van der Waals surface area contributed by atoms with E-state index < -0.39 is 11.9 Å². The second-order valence-corrected chi connectivity index (χ2v) is 11.6. The van der Waals surface area contributed by atoms with Gasteiger partial charge in [-0.1, -0.05) is 54.1 Å². The van der Waals surface area contributed by atoms with Crippen molar-refractivity contribution in [2.24, 2.45) is 0 Å². The molecule has 0 unspecified atom stereocenters. The first-order valence-corrected chi connectivity index (χ1v) is 15.0. The summed E-state index contributed by atoms with van der Waals surface area (Å²) in [5, 5.41) is 9.77. The fourth-order valence-corrected chi connectivity index (χ4v) is 5.97. The molecule has 0 saturated heterocycles. The van der Waals surface area contributed by atoms with Crippen molar-refractivity contribution in [1.82, 2.24) is 4.90 Å². The van der Waals surface area contributed by atoms with Gasteiger partial charge in [-0.3, -0.25) is 9.69 Å². The monoisotopic (exact) mass is 611 g/mol. The minimum Gasteiger partial charge on any atom is -0.465 e. The van der Waals surface area contributed by atoms with Crippen LogP contribution in [-0.2, 0) is 41.9 Å². The van der Waals surface area contributed by atoms with Gasteiger partial charge in [-0.05, 0) is 84.8 Å². The first-order valence-electron chi connectivity index (χ1n) is 14.0. The molecule has 0 aliphatic rings. The maximum atomic E-state index is 13.2. The smallest absolute Gasteiger partial charge is 0.449 e. The van der Waals surface area contributed by atoms with Gasteiger partial charge in [-0.15, -0.1) is 11.8 Å². The van der Waals surface area contributed by atoms with Crippen molar-refractivity contribution in [3.8, 4) is 11.1 Å². The van der Waals surface area contributed by atoms with Crippen molar-refractivity contribution in [2.45, 2.75) is 65.0 Å². The van der Waals surface area contributed by atoms with E-state index in [0.717, 1.165) is 55.5 Å². The third-order valence-corrected chi connectivity index (χ3v) is 8.20. The molecular formula is C34H36F3NO4S. The van der Waals surface area contributed by atoms with Gasteiger partial charge in [0.2, 0.25) is 5.76 Å². The summed E-state index contributed by atoms with van der Waals surface area (Å²) in [7, 11) is 0.